The molecule has 0 radical (unpaired) electrons. The van der Waals surface area contributed by atoms with Crippen LogP contribution >= 0.6 is 0 Å². The highest BCUT2D eigenvalue weighted by molar-refractivity contribution is 5.79. The van der Waals surface area contributed by atoms with Gasteiger partial charge in [0.15, 0.2) is 5.96 Å². The van der Waals surface area contributed by atoms with Gasteiger partial charge >= 0.3 is 0 Å². The molecule has 6 nitrogen and oxygen atoms in total. The fourth-order valence-corrected chi connectivity index (χ4v) is 4.06. The number of nitrogens with one attached hydrogen (secondary N) is 2. The standard InChI is InChI=1S/C19H33N5O/c1-20-18(21-15-17-7-6-14-25-17)22-16-19(8-12-23(2)13-9-19)24-10-4-3-5-11-24/h6-7,14H,3-5,8-13,15-16H2,1-2H3,(H2,20,21,22). The third-order valence-corrected chi connectivity index (χ3v) is 5.76. The monoisotopic (exact) mass is 347 g/mol. The SMILES string of the molecule is CN=C(NCc1ccco1)NCC1(N2CCCCC2)CCN(C)CC1. The Morgan fingerprint density at radius 2 is 1.92 bits per heavy atom. The number of nitrogens with zero attached hydrogens (tertiary/aromatic N) is 3. The van der Waals surface area contributed by atoms with Crippen molar-refractivity contribution in [3.05, 3.63) is 24.2 Å². The molecule has 1 aromatic heterocycles. The fraction of sp³-hybridized carbons (Fsp3) is 0.737. The molecule has 0 amide bonds. The largest absolute Gasteiger partial charge is 0.467 e. The predicted molar refractivity (Wildman–Crippen MR) is 102 cm³/mol. The number of guanidine groups is 1. The Balaban J connectivity index is 1.59. The van der Waals surface area contributed by atoms with Gasteiger partial charge in [0.1, 0.15) is 5.76 Å². The van der Waals surface area contributed by atoms with Crippen LogP contribution in [0.15, 0.2) is 27.8 Å². The van der Waals surface area contributed by atoms with E-state index < -0.39 is 0 Å². The van der Waals surface area contributed by atoms with Gasteiger partial charge in [-0.15, -0.1) is 0 Å². The van der Waals surface area contributed by atoms with Gasteiger partial charge < -0.3 is 20.0 Å². The fourth-order valence-electron chi connectivity index (χ4n) is 4.06. The molecule has 0 unspecified atom stereocenters. The minimum atomic E-state index is 0.259. The van der Waals surface area contributed by atoms with E-state index in [0.717, 1.165) is 18.3 Å². The third-order valence-electron chi connectivity index (χ3n) is 5.76. The molecule has 3 heterocycles. The van der Waals surface area contributed by atoms with Crippen molar-refractivity contribution in [2.45, 2.75) is 44.2 Å². The van der Waals surface area contributed by atoms with E-state index in [9.17, 15) is 0 Å². The van der Waals surface area contributed by atoms with Gasteiger partial charge in [0.05, 0.1) is 12.8 Å². The first-order chi connectivity index (χ1) is 12.2. The molecule has 0 aliphatic carbocycles. The minimum Gasteiger partial charge on any atom is -0.467 e. The lowest BCUT2D eigenvalue weighted by Crippen LogP contribution is -2.62. The number of piperidine rings is 2. The van der Waals surface area contributed by atoms with Gasteiger partial charge in [-0.05, 0) is 71.0 Å². The van der Waals surface area contributed by atoms with Crippen molar-refractivity contribution in [3.63, 3.8) is 0 Å². The molecule has 0 spiro atoms. The van der Waals surface area contributed by atoms with Crippen LogP contribution in [-0.2, 0) is 6.54 Å². The second-order valence-electron chi connectivity index (χ2n) is 7.43. The Morgan fingerprint density at radius 3 is 2.56 bits per heavy atom. The van der Waals surface area contributed by atoms with Crippen molar-refractivity contribution in [2.75, 3.05) is 46.8 Å². The van der Waals surface area contributed by atoms with Gasteiger partial charge in [-0.1, -0.05) is 6.42 Å². The van der Waals surface area contributed by atoms with Gasteiger partial charge in [0.25, 0.3) is 0 Å². The van der Waals surface area contributed by atoms with Crippen molar-refractivity contribution in [1.82, 2.24) is 20.4 Å². The van der Waals surface area contributed by atoms with Crippen LogP contribution in [0.1, 0.15) is 37.9 Å². The molecular formula is C19H33N5O. The third kappa shape index (κ3) is 4.76. The number of hydrogen-bond donors (Lipinski definition) is 2. The van der Waals surface area contributed by atoms with Crippen LogP contribution in [0.4, 0.5) is 0 Å². The summed E-state index contributed by atoms with van der Waals surface area (Å²) < 4.78 is 5.39. The van der Waals surface area contributed by atoms with Crippen molar-refractivity contribution >= 4 is 5.96 Å². The molecule has 2 aliphatic heterocycles. The molecule has 2 N–H and O–H groups in total. The summed E-state index contributed by atoms with van der Waals surface area (Å²) in [6, 6.07) is 3.89. The lowest BCUT2D eigenvalue weighted by molar-refractivity contribution is 0.0173. The lowest BCUT2D eigenvalue weighted by atomic mass is 9.84. The highest BCUT2D eigenvalue weighted by atomic mass is 16.3. The Kier molecular flexibility index (Phi) is 6.37. The Labute approximate surface area is 151 Å². The molecule has 2 fully saturated rings. The molecule has 1 aromatic rings. The van der Waals surface area contributed by atoms with Crippen LogP contribution in [0, 0.1) is 0 Å². The summed E-state index contributed by atoms with van der Waals surface area (Å²) in [6.07, 6.45) is 8.22. The topological polar surface area (TPSA) is 56.0 Å². The van der Waals surface area contributed by atoms with Crippen LogP contribution in [0.2, 0.25) is 0 Å². The van der Waals surface area contributed by atoms with Gasteiger partial charge in [-0.25, -0.2) is 0 Å². The number of rotatable bonds is 5. The minimum absolute atomic E-state index is 0.259. The number of hydrogen-bond acceptors (Lipinski definition) is 4. The van der Waals surface area contributed by atoms with E-state index in [1.54, 1.807) is 6.26 Å². The summed E-state index contributed by atoms with van der Waals surface area (Å²) in [6.45, 7) is 6.45. The van der Waals surface area contributed by atoms with E-state index in [-0.39, 0.29) is 5.54 Å². The van der Waals surface area contributed by atoms with Gasteiger partial charge in [0, 0.05) is 19.1 Å². The lowest BCUT2D eigenvalue weighted by Gasteiger charge is -2.50. The van der Waals surface area contributed by atoms with E-state index in [2.05, 4.69) is 32.5 Å². The molecule has 0 aromatic carbocycles. The molecule has 3 rings (SSSR count). The summed E-state index contributed by atoms with van der Waals surface area (Å²) in [7, 11) is 4.07. The van der Waals surface area contributed by atoms with Gasteiger partial charge in [0.2, 0.25) is 0 Å². The van der Waals surface area contributed by atoms with Crippen LogP contribution in [0.5, 0.6) is 0 Å². The maximum atomic E-state index is 5.39. The van der Waals surface area contributed by atoms with E-state index in [4.69, 9.17) is 4.42 Å². The normalized spacial score (nSPS) is 22.7. The second kappa shape index (κ2) is 8.72. The Morgan fingerprint density at radius 1 is 1.16 bits per heavy atom. The summed E-state index contributed by atoms with van der Waals surface area (Å²) in [5.74, 6) is 1.78. The van der Waals surface area contributed by atoms with Crippen LogP contribution in [0.3, 0.4) is 0 Å². The maximum absolute atomic E-state index is 5.39. The molecule has 25 heavy (non-hydrogen) atoms. The average Bonchev–Trinajstić information content (AvgIpc) is 3.18. The zero-order valence-corrected chi connectivity index (χ0v) is 15.8. The van der Waals surface area contributed by atoms with Crippen molar-refractivity contribution < 1.29 is 4.42 Å². The molecule has 140 valence electrons. The zero-order chi connectivity index (χ0) is 17.5. The van der Waals surface area contributed by atoms with Gasteiger partial charge in [-0.3, -0.25) is 9.89 Å². The van der Waals surface area contributed by atoms with Crippen LogP contribution in [-0.4, -0.2) is 68.1 Å². The smallest absolute Gasteiger partial charge is 0.191 e. The number of likely N-dealkylation sites (tertiary alicyclic amines) is 2. The second-order valence-corrected chi connectivity index (χ2v) is 7.43. The maximum Gasteiger partial charge on any atom is 0.191 e. The van der Waals surface area contributed by atoms with Crippen molar-refractivity contribution in [3.8, 4) is 0 Å². The first kappa shape index (κ1) is 18.3. The molecule has 0 saturated carbocycles. The number of aliphatic imine (C=N–C) groups is 1. The van der Waals surface area contributed by atoms with Crippen molar-refractivity contribution in [2.24, 2.45) is 4.99 Å². The van der Waals surface area contributed by atoms with Crippen LogP contribution < -0.4 is 10.6 Å². The summed E-state index contributed by atoms with van der Waals surface area (Å²) in [4.78, 5) is 9.58. The van der Waals surface area contributed by atoms with Gasteiger partial charge in [-0.2, -0.15) is 0 Å². The first-order valence-corrected chi connectivity index (χ1v) is 9.62. The van der Waals surface area contributed by atoms with E-state index in [1.807, 2.05) is 19.2 Å². The molecule has 2 saturated heterocycles. The average molecular weight is 348 g/mol. The molecule has 2 aliphatic rings. The van der Waals surface area contributed by atoms with E-state index >= 15 is 0 Å². The quantitative estimate of drug-likeness (QED) is 0.629. The van der Waals surface area contributed by atoms with E-state index in [0.29, 0.717) is 6.54 Å². The summed E-state index contributed by atoms with van der Waals surface area (Å²) in [5.41, 5.74) is 0.259. The highest BCUT2D eigenvalue weighted by Crippen LogP contribution is 2.30. The van der Waals surface area contributed by atoms with Crippen molar-refractivity contribution in [1.29, 1.82) is 0 Å². The Hall–Kier alpha value is -1.53. The first-order valence-electron chi connectivity index (χ1n) is 9.62. The molecular weight excluding hydrogens is 314 g/mol. The van der Waals surface area contributed by atoms with E-state index in [1.165, 1.54) is 58.3 Å². The molecule has 6 heteroatoms. The Bertz CT molecular complexity index is 528. The number of furan rings is 1. The predicted octanol–water partition coefficient (Wildman–Crippen LogP) is 1.89. The molecule has 0 atom stereocenters. The van der Waals surface area contributed by atoms with Crippen LogP contribution in [0.25, 0.3) is 0 Å². The molecule has 0 bridgehead atoms. The zero-order valence-electron chi connectivity index (χ0n) is 15.8. The highest BCUT2D eigenvalue weighted by Gasteiger charge is 2.39. The summed E-state index contributed by atoms with van der Waals surface area (Å²) in [5, 5.41) is 6.95. The summed E-state index contributed by atoms with van der Waals surface area (Å²) >= 11 is 0.